The molecule has 0 spiro atoms. The van der Waals surface area contributed by atoms with Gasteiger partial charge in [-0.15, -0.1) is 0 Å². The second-order valence-electron chi connectivity index (χ2n) is 4.39. The first-order chi connectivity index (χ1) is 9.27. The predicted molar refractivity (Wildman–Crippen MR) is 72.8 cm³/mol. The topological polar surface area (TPSA) is 92.5 Å². The van der Waals surface area contributed by atoms with Crippen LogP contribution in [-0.4, -0.2) is 39.9 Å². The maximum Gasteiger partial charge on any atom is 0.240 e. The molecule has 1 aromatic rings. The van der Waals surface area contributed by atoms with Crippen LogP contribution >= 0.6 is 0 Å². The van der Waals surface area contributed by atoms with Crippen molar-refractivity contribution in [2.24, 2.45) is 5.73 Å². The Labute approximate surface area is 117 Å². The van der Waals surface area contributed by atoms with Crippen LogP contribution in [0, 0.1) is 5.82 Å². The lowest BCUT2D eigenvalue weighted by atomic mass is 10.2. The molecule has 0 aliphatic heterocycles. The zero-order chi connectivity index (χ0) is 15.3. The van der Waals surface area contributed by atoms with Gasteiger partial charge in [0, 0.05) is 39.2 Å². The third-order valence-electron chi connectivity index (χ3n) is 2.68. The average Bonchev–Trinajstić information content (AvgIpc) is 2.38. The first kappa shape index (κ1) is 16.5. The molecule has 0 aromatic heterocycles. The van der Waals surface area contributed by atoms with Crippen molar-refractivity contribution in [1.82, 2.24) is 9.62 Å². The summed E-state index contributed by atoms with van der Waals surface area (Å²) >= 11 is 0. The number of carbonyl (C=O) groups is 1. The third-order valence-corrected chi connectivity index (χ3v) is 4.14. The predicted octanol–water partition coefficient (Wildman–Crippen LogP) is 0.0410. The molecular formula is C12H18FN3O3S. The average molecular weight is 303 g/mol. The molecule has 1 amide bonds. The minimum Gasteiger partial charge on any atom is -0.349 e. The van der Waals surface area contributed by atoms with E-state index in [0.29, 0.717) is 0 Å². The Balaban J connectivity index is 2.77. The highest BCUT2D eigenvalue weighted by Crippen LogP contribution is 2.14. The van der Waals surface area contributed by atoms with E-state index in [4.69, 9.17) is 5.73 Å². The van der Waals surface area contributed by atoms with E-state index in [2.05, 4.69) is 4.72 Å². The van der Waals surface area contributed by atoms with Gasteiger partial charge in [0.2, 0.25) is 15.9 Å². The van der Waals surface area contributed by atoms with Crippen molar-refractivity contribution >= 4 is 15.9 Å². The Morgan fingerprint density at radius 3 is 2.60 bits per heavy atom. The van der Waals surface area contributed by atoms with E-state index in [9.17, 15) is 17.6 Å². The maximum absolute atomic E-state index is 13.3. The number of amides is 1. The van der Waals surface area contributed by atoms with Gasteiger partial charge in [0.15, 0.2) is 0 Å². The lowest BCUT2D eigenvalue weighted by molar-refractivity contribution is -0.128. The summed E-state index contributed by atoms with van der Waals surface area (Å²) in [6.45, 7) is -0.108. The summed E-state index contributed by atoms with van der Waals surface area (Å²) in [6, 6.07) is 3.40. The summed E-state index contributed by atoms with van der Waals surface area (Å²) in [5.74, 6) is -0.733. The van der Waals surface area contributed by atoms with Gasteiger partial charge in [-0.25, -0.2) is 17.5 Å². The molecule has 0 saturated heterocycles. The van der Waals surface area contributed by atoms with E-state index >= 15 is 0 Å². The Bertz CT molecular complexity index is 588. The molecule has 20 heavy (non-hydrogen) atoms. The van der Waals surface area contributed by atoms with Gasteiger partial charge in [-0.2, -0.15) is 0 Å². The van der Waals surface area contributed by atoms with Gasteiger partial charge in [0.05, 0.1) is 4.90 Å². The minimum atomic E-state index is -3.77. The molecule has 0 radical (unpaired) electrons. The number of halogens is 1. The van der Waals surface area contributed by atoms with Gasteiger partial charge in [-0.3, -0.25) is 4.79 Å². The zero-order valence-electron chi connectivity index (χ0n) is 11.4. The number of sulfonamides is 1. The van der Waals surface area contributed by atoms with Crippen molar-refractivity contribution in [3.05, 3.63) is 29.6 Å². The molecular weight excluding hydrogens is 285 g/mol. The van der Waals surface area contributed by atoms with E-state index in [1.165, 1.54) is 11.0 Å². The van der Waals surface area contributed by atoms with Gasteiger partial charge in [0.1, 0.15) is 5.82 Å². The fraction of sp³-hybridized carbons (Fsp3) is 0.417. The minimum absolute atomic E-state index is 0.0192. The number of nitrogens with two attached hydrogens (primary N) is 1. The second-order valence-corrected chi connectivity index (χ2v) is 6.16. The normalized spacial score (nSPS) is 11.4. The lowest BCUT2D eigenvalue weighted by Gasteiger charge is -2.11. The molecule has 1 rings (SSSR count). The van der Waals surface area contributed by atoms with Crippen LogP contribution < -0.4 is 10.5 Å². The van der Waals surface area contributed by atoms with E-state index < -0.39 is 15.8 Å². The van der Waals surface area contributed by atoms with Gasteiger partial charge in [-0.05, 0) is 18.2 Å². The van der Waals surface area contributed by atoms with Crippen molar-refractivity contribution in [3.8, 4) is 0 Å². The van der Waals surface area contributed by atoms with Crippen molar-refractivity contribution in [3.63, 3.8) is 0 Å². The van der Waals surface area contributed by atoms with Crippen molar-refractivity contribution in [2.45, 2.75) is 17.9 Å². The lowest BCUT2D eigenvalue weighted by Crippen LogP contribution is -2.30. The standard InChI is InChI=1S/C12H18FN3O3S/c1-16(2)12(17)5-6-15-20(18,19)10-3-4-11(13)9(7-10)8-14/h3-4,7,15H,5-6,8,14H2,1-2H3. The summed E-state index contributed by atoms with van der Waals surface area (Å²) < 4.78 is 39.5. The number of nitrogens with one attached hydrogen (secondary N) is 1. The van der Waals surface area contributed by atoms with E-state index in [-0.39, 0.29) is 35.9 Å². The van der Waals surface area contributed by atoms with E-state index in [0.717, 1.165) is 12.1 Å². The monoisotopic (exact) mass is 303 g/mol. The molecule has 0 aliphatic rings. The number of hydrogen-bond donors (Lipinski definition) is 2. The fourth-order valence-electron chi connectivity index (χ4n) is 1.47. The van der Waals surface area contributed by atoms with Crippen LogP contribution in [0.1, 0.15) is 12.0 Å². The van der Waals surface area contributed by atoms with E-state index in [1.54, 1.807) is 14.1 Å². The second kappa shape index (κ2) is 6.78. The highest BCUT2D eigenvalue weighted by molar-refractivity contribution is 7.89. The van der Waals surface area contributed by atoms with Gasteiger partial charge >= 0.3 is 0 Å². The van der Waals surface area contributed by atoms with Crippen LogP contribution in [0.4, 0.5) is 4.39 Å². The molecule has 6 nitrogen and oxygen atoms in total. The highest BCUT2D eigenvalue weighted by Gasteiger charge is 2.16. The van der Waals surface area contributed by atoms with Crippen molar-refractivity contribution in [2.75, 3.05) is 20.6 Å². The van der Waals surface area contributed by atoms with Crippen LogP contribution in [0.5, 0.6) is 0 Å². The largest absolute Gasteiger partial charge is 0.349 e. The Morgan fingerprint density at radius 1 is 1.40 bits per heavy atom. The summed E-state index contributed by atoms with van der Waals surface area (Å²) in [4.78, 5) is 12.6. The summed E-state index contributed by atoms with van der Waals surface area (Å²) in [6.07, 6.45) is 0.0527. The number of carbonyl (C=O) groups excluding carboxylic acids is 1. The van der Waals surface area contributed by atoms with Crippen LogP contribution in [-0.2, 0) is 21.4 Å². The molecule has 112 valence electrons. The Hall–Kier alpha value is -1.51. The molecule has 0 heterocycles. The van der Waals surface area contributed by atoms with Gasteiger partial charge in [0.25, 0.3) is 0 Å². The molecule has 0 bridgehead atoms. The smallest absolute Gasteiger partial charge is 0.240 e. The number of nitrogens with zero attached hydrogens (tertiary/aromatic N) is 1. The molecule has 0 fully saturated rings. The molecule has 3 N–H and O–H groups in total. The van der Waals surface area contributed by atoms with Crippen LogP contribution in [0.15, 0.2) is 23.1 Å². The van der Waals surface area contributed by atoms with Crippen molar-refractivity contribution < 1.29 is 17.6 Å². The maximum atomic E-state index is 13.3. The molecule has 8 heteroatoms. The number of hydrogen-bond acceptors (Lipinski definition) is 4. The van der Waals surface area contributed by atoms with Gasteiger partial charge < -0.3 is 10.6 Å². The quantitative estimate of drug-likeness (QED) is 0.776. The summed E-state index contributed by atoms with van der Waals surface area (Å²) in [5, 5.41) is 0. The van der Waals surface area contributed by atoms with Crippen molar-refractivity contribution in [1.29, 1.82) is 0 Å². The summed E-state index contributed by atoms with van der Waals surface area (Å²) in [5.41, 5.74) is 5.45. The van der Waals surface area contributed by atoms with Gasteiger partial charge in [-0.1, -0.05) is 0 Å². The molecule has 0 saturated carbocycles. The number of rotatable bonds is 6. The van der Waals surface area contributed by atoms with Crippen LogP contribution in [0.3, 0.4) is 0 Å². The Morgan fingerprint density at radius 2 is 2.05 bits per heavy atom. The van der Waals surface area contributed by atoms with Crippen LogP contribution in [0.2, 0.25) is 0 Å². The molecule has 0 aliphatic carbocycles. The van der Waals surface area contributed by atoms with Crippen LogP contribution in [0.25, 0.3) is 0 Å². The van der Waals surface area contributed by atoms with E-state index in [1.807, 2.05) is 0 Å². The summed E-state index contributed by atoms with van der Waals surface area (Å²) in [7, 11) is -0.599. The molecule has 0 atom stereocenters. The molecule has 0 unspecified atom stereocenters. The number of benzene rings is 1. The third kappa shape index (κ3) is 4.26. The SMILES string of the molecule is CN(C)C(=O)CCNS(=O)(=O)c1ccc(F)c(CN)c1. The zero-order valence-corrected chi connectivity index (χ0v) is 12.2. The fourth-order valence-corrected chi connectivity index (χ4v) is 2.56. The molecule has 1 aromatic carbocycles. The first-order valence-corrected chi connectivity index (χ1v) is 7.44. The Kier molecular flexibility index (Phi) is 5.61. The first-order valence-electron chi connectivity index (χ1n) is 5.96. The highest BCUT2D eigenvalue weighted by atomic mass is 32.2.